The van der Waals surface area contributed by atoms with E-state index in [0.717, 1.165) is 5.56 Å². The van der Waals surface area contributed by atoms with Crippen LogP contribution in [0.2, 0.25) is 0 Å². The van der Waals surface area contributed by atoms with E-state index < -0.39 is 29.2 Å². The number of benzene rings is 1. The topological polar surface area (TPSA) is 75.2 Å². The monoisotopic (exact) mass is 370 g/mol. The van der Waals surface area contributed by atoms with Crippen molar-refractivity contribution in [2.24, 2.45) is 0 Å². The summed E-state index contributed by atoms with van der Waals surface area (Å²) in [6, 6.07) is 2.66. The third-order valence-electron chi connectivity index (χ3n) is 5.01. The molecule has 0 saturated heterocycles. The average Bonchev–Trinajstić information content (AvgIpc) is 3.26. The number of fused-ring (bicyclic) bond motifs is 2. The normalized spacial score (nSPS) is 23.3. The number of aromatic nitrogens is 2. The molecule has 138 valence electrons. The van der Waals surface area contributed by atoms with Crippen molar-refractivity contribution < 1.29 is 19.8 Å². The largest absolute Gasteiger partial charge is 0.328 e. The maximum atomic E-state index is 14.5. The molecule has 1 spiro atoms. The molecule has 0 bridgehead atoms. The van der Waals surface area contributed by atoms with E-state index >= 15 is 0 Å². The van der Waals surface area contributed by atoms with Crippen molar-refractivity contribution >= 4 is 31.1 Å². The summed E-state index contributed by atoms with van der Waals surface area (Å²) < 4.78 is 28.7. The third-order valence-corrected chi connectivity index (χ3v) is 5.01. The highest BCUT2D eigenvalue weighted by molar-refractivity contribution is 6.32. The SMILES string of the molecule is [B]c1ccc2c(c1F)[C@]1(CC1F)CN(CC(=O)Nc1ncc(C)cn1)C2=O.[HH]. The minimum absolute atomic E-state index is 0. The van der Waals surface area contributed by atoms with E-state index in [1.165, 1.54) is 17.0 Å². The minimum Gasteiger partial charge on any atom is -0.328 e. The second-order valence-corrected chi connectivity index (χ2v) is 7.01. The van der Waals surface area contributed by atoms with Gasteiger partial charge in [0.1, 0.15) is 26.4 Å². The van der Waals surface area contributed by atoms with E-state index in [9.17, 15) is 18.4 Å². The highest BCUT2D eigenvalue weighted by Crippen LogP contribution is 2.55. The lowest BCUT2D eigenvalue weighted by molar-refractivity contribution is -0.117. The van der Waals surface area contributed by atoms with Crippen molar-refractivity contribution in [3.8, 4) is 0 Å². The molecule has 6 nitrogen and oxygen atoms in total. The van der Waals surface area contributed by atoms with Crippen LogP contribution in [0, 0.1) is 12.7 Å². The zero-order valence-corrected chi connectivity index (χ0v) is 14.5. The molecule has 1 fully saturated rings. The van der Waals surface area contributed by atoms with E-state index in [0.29, 0.717) is 0 Å². The van der Waals surface area contributed by atoms with Crippen LogP contribution in [0.3, 0.4) is 0 Å². The van der Waals surface area contributed by atoms with Crippen LogP contribution in [0.25, 0.3) is 0 Å². The van der Waals surface area contributed by atoms with Crippen LogP contribution in [0.4, 0.5) is 14.7 Å². The third kappa shape index (κ3) is 2.87. The molecule has 27 heavy (non-hydrogen) atoms. The summed E-state index contributed by atoms with van der Waals surface area (Å²) in [5.74, 6) is -1.69. The molecular formula is C18H17BF2N4O2. The molecule has 9 heteroatoms. The van der Waals surface area contributed by atoms with Crippen LogP contribution in [0.15, 0.2) is 24.5 Å². The number of carbonyl (C=O) groups excluding carboxylic acids is 2. The van der Waals surface area contributed by atoms with E-state index in [4.69, 9.17) is 7.85 Å². The van der Waals surface area contributed by atoms with Gasteiger partial charge in [-0.1, -0.05) is 11.5 Å². The smallest absolute Gasteiger partial charge is 0.254 e. The predicted molar refractivity (Wildman–Crippen MR) is 96.4 cm³/mol. The van der Waals surface area contributed by atoms with E-state index in [-0.39, 0.29) is 43.5 Å². The van der Waals surface area contributed by atoms with Gasteiger partial charge in [0.25, 0.3) is 5.91 Å². The van der Waals surface area contributed by atoms with E-state index in [1.54, 1.807) is 12.4 Å². The molecule has 2 amide bonds. The highest BCUT2D eigenvalue weighted by atomic mass is 19.1. The number of anilines is 1. The van der Waals surface area contributed by atoms with E-state index in [1.807, 2.05) is 6.92 Å². The summed E-state index contributed by atoms with van der Waals surface area (Å²) in [6.45, 7) is 1.42. The van der Waals surface area contributed by atoms with Crippen LogP contribution < -0.4 is 10.8 Å². The fraction of sp³-hybridized carbons (Fsp3) is 0.333. The second kappa shape index (κ2) is 6.11. The van der Waals surface area contributed by atoms with Crippen LogP contribution in [0.1, 0.15) is 29.3 Å². The van der Waals surface area contributed by atoms with Gasteiger partial charge in [-0.25, -0.2) is 18.7 Å². The van der Waals surface area contributed by atoms with Gasteiger partial charge in [-0.15, -0.1) is 0 Å². The van der Waals surface area contributed by atoms with E-state index in [2.05, 4.69) is 15.3 Å². The lowest BCUT2D eigenvalue weighted by atomic mass is 9.81. The molecular weight excluding hydrogens is 353 g/mol. The van der Waals surface area contributed by atoms with Crippen LogP contribution in [0.5, 0.6) is 0 Å². The van der Waals surface area contributed by atoms with Crippen molar-refractivity contribution in [1.29, 1.82) is 0 Å². The Balaban J connectivity index is 0.00000225. The standard InChI is InChI=1S/C18H15BF2N4O2.H2/c1-9-5-22-17(23-6-9)24-13(26)7-25-8-18(4-12(18)20)14-10(16(25)27)2-3-11(19)15(14)21;/h2-3,5-6,12H,4,7-8H2,1H3,(H,22,23,24,26);1H/t12?,18-;/m1./s1. The fourth-order valence-corrected chi connectivity index (χ4v) is 3.52. The van der Waals surface area contributed by atoms with Crippen molar-refractivity contribution in [2.45, 2.75) is 24.9 Å². The minimum atomic E-state index is -1.29. The summed E-state index contributed by atoms with van der Waals surface area (Å²) in [6.07, 6.45) is 1.90. The lowest BCUT2D eigenvalue weighted by Crippen LogP contribution is -2.48. The summed E-state index contributed by atoms with van der Waals surface area (Å²) in [5.41, 5.74) is -0.348. The number of nitrogens with one attached hydrogen (secondary N) is 1. The molecule has 2 aromatic rings. The summed E-state index contributed by atoms with van der Waals surface area (Å²) in [7, 11) is 5.60. The highest BCUT2D eigenvalue weighted by Gasteiger charge is 2.62. The number of hydrogen-bond acceptors (Lipinski definition) is 4. The zero-order valence-electron chi connectivity index (χ0n) is 14.5. The van der Waals surface area contributed by atoms with Gasteiger partial charge in [-0.2, -0.15) is 0 Å². The van der Waals surface area contributed by atoms with Gasteiger partial charge in [-0.3, -0.25) is 14.9 Å². The number of carbonyl (C=O) groups is 2. The second-order valence-electron chi connectivity index (χ2n) is 7.01. The molecule has 1 saturated carbocycles. The van der Waals surface area contributed by atoms with Gasteiger partial charge < -0.3 is 4.90 Å². The number of amides is 2. The molecule has 2 heterocycles. The van der Waals surface area contributed by atoms with Gasteiger partial charge in [0, 0.05) is 31.5 Å². The van der Waals surface area contributed by atoms with Crippen LogP contribution >= 0.6 is 0 Å². The molecule has 4 rings (SSSR count). The Morgan fingerprint density at radius 3 is 2.74 bits per heavy atom. The van der Waals surface area contributed by atoms with Crippen LogP contribution in [-0.2, 0) is 10.2 Å². The molecule has 1 unspecified atom stereocenters. The Hall–Kier alpha value is -2.84. The molecule has 2 atom stereocenters. The summed E-state index contributed by atoms with van der Waals surface area (Å²) >= 11 is 0. The Morgan fingerprint density at radius 2 is 2.11 bits per heavy atom. The number of alkyl halides is 1. The van der Waals surface area contributed by atoms with Crippen molar-refractivity contribution in [1.82, 2.24) is 14.9 Å². The number of rotatable bonds is 3. The molecule has 1 aliphatic carbocycles. The Bertz CT molecular complexity index is 959. The average molecular weight is 370 g/mol. The summed E-state index contributed by atoms with van der Waals surface area (Å²) in [4.78, 5) is 34.2. The molecule has 1 N–H and O–H groups in total. The number of halogens is 2. The van der Waals surface area contributed by atoms with Crippen molar-refractivity contribution in [3.05, 3.63) is 47.0 Å². The Labute approximate surface area is 156 Å². The Morgan fingerprint density at radius 1 is 1.44 bits per heavy atom. The first-order valence-electron chi connectivity index (χ1n) is 8.42. The quantitative estimate of drug-likeness (QED) is 0.820. The van der Waals surface area contributed by atoms with Gasteiger partial charge in [0.05, 0.1) is 5.41 Å². The number of aryl methyl sites for hydroxylation is 1. The first-order chi connectivity index (χ1) is 12.8. The van der Waals surface area contributed by atoms with Crippen molar-refractivity contribution in [2.75, 3.05) is 18.4 Å². The molecule has 2 aliphatic rings. The molecule has 1 aliphatic heterocycles. The first kappa shape index (κ1) is 17.6. The first-order valence-corrected chi connectivity index (χ1v) is 8.42. The van der Waals surface area contributed by atoms with Crippen molar-refractivity contribution in [3.63, 3.8) is 0 Å². The molecule has 2 radical (unpaired) electrons. The Kier molecular flexibility index (Phi) is 3.98. The number of hydrogen-bond donors (Lipinski definition) is 1. The van der Waals surface area contributed by atoms with Crippen LogP contribution in [-0.4, -0.2) is 53.8 Å². The molecule has 1 aromatic carbocycles. The zero-order chi connectivity index (χ0) is 19.3. The summed E-state index contributed by atoms with van der Waals surface area (Å²) in [5, 5.41) is 2.50. The number of nitrogens with zero attached hydrogens (tertiary/aromatic N) is 3. The van der Waals surface area contributed by atoms with Gasteiger partial charge in [0.15, 0.2) is 0 Å². The van der Waals surface area contributed by atoms with Gasteiger partial charge in [-0.05, 0) is 25.0 Å². The maximum absolute atomic E-state index is 14.5. The maximum Gasteiger partial charge on any atom is 0.254 e. The predicted octanol–water partition coefficient (Wildman–Crippen LogP) is 1.04. The molecule has 1 aromatic heterocycles. The lowest BCUT2D eigenvalue weighted by Gasteiger charge is -2.34. The fourth-order valence-electron chi connectivity index (χ4n) is 3.52. The van der Waals surface area contributed by atoms with Gasteiger partial charge in [0.2, 0.25) is 11.9 Å². The van der Waals surface area contributed by atoms with Gasteiger partial charge >= 0.3 is 0 Å².